The number of aliphatic carboxylic acids is 1. The molecule has 1 amide bonds. The van der Waals surface area contributed by atoms with Crippen molar-refractivity contribution in [3.05, 3.63) is 35.0 Å². The number of thiophene rings is 1. The number of carbonyl (C=O) groups excluding carboxylic acids is 1. The van der Waals surface area contributed by atoms with Crippen LogP contribution in [0.2, 0.25) is 0 Å². The lowest BCUT2D eigenvalue weighted by Gasteiger charge is -2.11. The Hall–Kier alpha value is -1.95. The van der Waals surface area contributed by atoms with Gasteiger partial charge in [-0.3, -0.25) is 9.59 Å². The molecular formula is C15H16FNO3S. The fourth-order valence-electron chi connectivity index (χ4n) is 2.09. The van der Waals surface area contributed by atoms with E-state index in [1.54, 1.807) is 12.1 Å². The van der Waals surface area contributed by atoms with Crippen molar-refractivity contribution in [3.63, 3.8) is 0 Å². The number of carboxylic acids is 1. The minimum absolute atomic E-state index is 0.102. The van der Waals surface area contributed by atoms with Gasteiger partial charge in [-0.15, -0.1) is 11.3 Å². The summed E-state index contributed by atoms with van der Waals surface area (Å²) in [6.45, 7) is 2.00. The highest BCUT2D eigenvalue weighted by Crippen LogP contribution is 2.26. The Kier molecular flexibility index (Phi) is 4.90. The first kappa shape index (κ1) is 15.4. The van der Waals surface area contributed by atoms with E-state index >= 15 is 0 Å². The Balaban J connectivity index is 2.06. The first-order valence-electron chi connectivity index (χ1n) is 6.71. The third-order valence-corrected chi connectivity index (χ3v) is 4.31. The largest absolute Gasteiger partial charge is 0.481 e. The van der Waals surface area contributed by atoms with E-state index in [2.05, 4.69) is 5.32 Å². The minimum Gasteiger partial charge on any atom is -0.481 e. The summed E-state index contributed by atoms with van der Waals surface area (Å²) in [6.07, 6.45) is 1.27. The number of nitrogens with one attached hydrogen (secondary N) is 1. The number of halogens is 1. The molecular weight excluding hydrogens is 293 g/mol. The highest BCUT2D eigenvalue weighted by atomic mass is 32.1. The molecule has 0 aliphatic carbocycles. The van der Waals surface area contributed by atoms with E-state index in [4.69, 9.17) is 5.11 Å². The SMILES string of the molecule is CCCC(CNC(=O)c1cc2cc(F)ccc2s1)C(=O)O. The zero-order valence-electron chi connectivity index (χ0n) is 11.6. The number of benzene rings is 1. The quantitative estimate of drug-likeness (QED) is 0.860. The van der Waals surface area contributed by atoms with Crippen LogP contribution in [0.3, 0.4) is 0 Å². The summed E-state index contributed by atoms with van der Waals surface area (Å²) in [5.74, 6) is -2.15. The Bertz CT molecular complexity index is 668. The summed E-state index contributed by atoms with van der Waals surface area (Å²) >= 11 is 1.26. The van der Waals surface area contributed by atoms with Gasteiger partial charge in [0.25, 0.3) is 5.91 Å². The molecule has 0 aliphatic heterocycles. The Morgan fingerprint density at radius 1 is 1.38 bits per heavy atom. The van der Waals surface area contributed by atoms with E-state index in [1.807, 2.05) is 6.92 Å². The van der Waals surface area contributed by atoms with Gasteiger partial charge in [0.15, 0.2) is 0 Å². The molecule has 21 heavy (non-hydrogen) atoms. The molecule has 1 aromatic carbocycles. The van der Waals surface area contributed by atoms with E-state index < -0.39 is 11.9 Å². The average Bonchev–Trinajstić information content (AvgIpc) is 2.85. The molecule has 2 N–H and O–H groups in total. The van der Waals surface area contributed by atoms with E-state index in [1.165, 1.54) is 23.5 Å². The molecule has 0 aliphatic rings. The van der Waals surface area contributed by atoms with Crippen molar-refractivity contribution in [2.75, 3.05) is 6.54 Å². The lowest BCUT2D eigenvalue weighted by Crippen LogP contribution is -2.32. The normalized spacial score (nSPS) is 12.3. The second-order valence-corrected chi connectivity index (χ2v) is 5.91. The zero-order valence-corrected chi connectivity index (χ0v) is 12.4. The lowest BCUT2D eigenvalue weighted by molar-refractivity contribution is -0.141. The molecule has 0 radical (unpaired) electrons. The summed E-state index contributed by atoms with van der Waals surface area (Å²) in [4.78, 5) is 23.5. The predicted octanol–water partition coefficient (Wildman–Crippen LogP) is 3.27. The van der Waals surface area contributed by atoms with Gasteiger partial charge in [-0.1, -0.05) is 13.3 Å². The fourth-order valence-corrected chi connectivity index (χ4v) is 3.05. The van der Waals surface area contributed by atoms with Crippen LogP contribution in [-0.4, -0.2) is 23.5 Å². The van der Waals surface area contributed by atoms with Crippen molar-refractivity contribution in [1.82, 2.24) is 5.32 Å². The summed E-state index contributed by atoms with van der Waals surface area (Å²) in [5, 5.41) is 12.4. The summed E-state index contributed by atoms with van der Waals surface area (Å²) in [6, 6.07) is 5.97. The number of carboxylic acid groups (broad SMARTS) is 1. The summed E-state index contributed by atoms with van der Waals surface area (Å²) in [7, 11) is 0. The second kappa shape index (κ2) is 6.67. The third-order valence-electron chi connectivity index (χ3n) is 3.20. The first-order chi connectivity index (χ1) is 10.0. The first-order valence-corrected chi connectivity index (χ1v) is 7.53. The molecule has 112 valence electrons. The molecule has 2 rings (SSSR count). The van der Waals surface area contributed by atoms with Gasteiger partial charge in [0.1, 0.15) is 5.82 Å². The van der Waals surface area contributed by atoms with Crippen LogP contribution in [0.25, 0.3) is 10.1 Å². The third kappa shape index (κ3) is 3.78. The van der Waals surface area contributed by atoms with Crippen molar-refractivity contribution in [1.29, 1.82) is 0 Å². The minimum atomic E-state index is -0.907. The van der Waals surface area contributed by atoms with Crippen LogP contribution in [-0.2, 0) is 4.79 Å². The van der Waals surface area contributed by atoms with Gasteiger partial charge in [0.05, 0.1) is 10.8 Å². The molecule has 1 unspecified atom stereocenters. The molecule has 0 fully saturated rings. The standard InChI is InChI=1S/C15H16FNO3S/c1-2-3-9(15(19)20)8-17-14(18)13-7-10-6-11(16)4-5-12(10)21-13/h4-7,9H,2-3,8H2,1H3,(H,17,18)(H,19,20). The maximum Gasteiger partial charge on any atom is 0.308 e. The topological polar surface area (TPSA) is 66.4 Å². The van der Waals surface area contributed by atoms with Gasteiger partial charge >= 0.3 is 5.97 Å². The van der Waals surface area contributed by atoms with Gasteiger partial charge in [-0.05, 0) is 36.1 Å². The predicted molar refractivity (Wildman–Crippen MR) is 80.2 cm³/mol. The maximum absolute atomic E-state index is 13.1. The van der Waals surface area contributed by atoms with E-state index in [-0.39, 0.29) is 18.3 Å². The Morgan fingerprint density at radius 2 is 2.14 bits per heavy atom. The maximum atomic E-state index is 13.1. The number of hydrogen-bond acceptors (Lipinski definition) is 3. The molecule has 1 heterocycles. The van der Waals surface area contributed by atoms with Gasteiger partial charge in [0, 0.05) is 11.2 Å². The van der Waals surface area contributed by atoms with Crippen molar-refractivity contribution < 1.29 is 19.1 Å². The molecule has 6 heteroatoms. The Labute approximate surface area is 125 Å². The smallest absolute Gasteiger partial charge is 0.308 e. The highest BCUT2D eigenvalue weighted by molar-refractivity contribution is 7.20. The van der Waals surface area contributed by atoms with E-state index in [9.17, 15) is 14.0 Å². The highest BCUT2D eigenvalue weighted by Gasteiger charge is 2.18. The number of carbonyl (C=O) groups is 2. The monoisotopic (exact) mass is 309 g/mol. The molecule has 0 spiro atoms. The molecule has 2 aromatic rings. The van der Waals surface area contributed by atoms with Crippen LogP contribution >= 0.6 is 11.3 Å². The van der Waals surface area contributed by atoms with Gasteiger partial charge in [-0.25, -0.2) is 4.39 Å². The molecule has 1 atom stereocenters. The number of rotatable bonds is 6. The fraction of sp³-hybridized carbons (Fsp3) is 0.333. The average molecular weight is 309 g/mol. The van der Waals surface area contributed by atoms with Gasteiger partial charge in [0.2, 0.25) is 0 Å². The second-order valence-electron chi connectivity index (χ2n) is 4.83. The summed E-state index contributed by atoms with van der Waals surface area (Å²) in [5.41, 5.74) is 0. The van der Waals surface area contributed by atoms with Crippen molar-refractivity contribution in [2.45, 2.75) is 19.8 Å². The van der Waals surface area contributed by atoms with Crippen molar-refractivity contribution in [3.8, 4) is 0 Å². The molecule has 0 bridgehead atoms. The van der Waals surface area contributed by atoms with Crippen LogP contribution < -0.4 is 5.32 Å². The lowest BCUT2D eigenvalue weighted by atomic mass is 10.0. The molecule has 0 saturated heterocycles. The van der Waals surface area contributed by atoms with Crippen LogP contribution in [0, 0.1) is 11.7 Å². The molecule has 4 nitrogen and oxygen atoms in total. The van der Waals surface area contributed by atoms with Crippen LogP contribution in [0.1, 0.15) is 29.4 Å². The number of amides is 1. The van der Waals surface area contributed by atoms with Gasteiger partial charge < -0.3 is 10.4 Å². The van der Waals surface area contributed by atoms with Gasteiger partial charge in [-0.2, -0.15) is 0 Å². The van der Waals surface area contributed by atoms with Crippen LogP contribution in [0.5, 0.6) is 0 Å². The van der Waals surface area contributed by atoms with Crippen molar-refractivity contribution in [2.24, 2.45) is 5.92 Å². The van der Waals surface area contributed by atoms with Crippen LogP contribution in [0.15, 0.2) is 24.3 Å². The number of hydrogen-bond donors (Lipinski definition) is 2. The summed E-state index contributed by atoms with van der Waals surface area (Å²) < 4.78 is 13.9. The van der Waals surface area contributed by atoms with Crippen LogP contribution in [0.4, 0.5) is 4.39 Å². The molecule has 1 aromatic heterocycles. The number of fused-ring (bicyclic) bond motifs is 1. The van der Waals surface area contributed by atoms with E-state index in [0.717, 1.165) is 11.1 Å². The Morgan fingerprint density at radius 3 is 2.81 bits per heavy atom. The zero-order chi connectivity index (χ0) is 15.4. The van der Waals surface area contributed by atoms with E-state index in [0.29, 0.717) is 16.7 Å². The van der Waals surface area contributed by atoms with Crippen molar-refractivity contribution >= 4 is 33.3 Å². The molecule has 0 saturated carbocycles.